The number of carbonyl (C=O) groups is 2. The van der Waals surface area contributed by atoms with E-state index < -0.39 is 0 Å². The number of hydrogen-bond donors (Lipinski definition) is 1. The summed E-state index contributed by atoms with van der Waals surface area (Å²) >= 11 is 0. The van der Waals surface area contributed by atoms with E-state index >= 15 is 0 Å². The molecule has 6 heteroatoms. The van der Waals surface area contributed by atoms with E-state index in [0.717, 1.165) is 0 Å². The van der Waals surface area contributed by atoms with E-state index in [1.165, 1.54) is 4.90 Å². The first kappa shape index (κ1) is 14.9. The zero-order valence-corrected chi connectivity index (χ0v) is 11.3. The molecule has 0 saturated carbocycles. The minimum absolute atomic E-state index is 0.0114. The SMILES string of the molecule is CCOC(=O)CN(C(=O)C1COCCN1)C(C)C. The second-order valence-electron chi connectivity index (χ2n) is 4.45. The van der Waals surface area contributed by atoms with Gasteiger partial charge in [-0.1, -0.05) is 0 Å². The van der Waals surface area contributed by atoms with Crippen LogP contribution in [0.4, 0.5) is 0 Å². The Bertz CT molecular complexity index is 288. The molecule has 0 aliphatic carbocycles. The zero-order chi connectivity index (χ0) is 13.5. The summed E-state index contributed by atoms with van der Waals surface area (Å²) in [5.41, 5.74) is 0. The lowest BCUT2D eigenvalue weighted by molar-refractivity contribution is -0.151. The molecule has 6 nitrogen and oxygen atoms in total. The smallest absolute Gasteiger partial charge is 0.325 e. The number of amides is 1. The Morgan fingerprint density at radius 2 is 2.22 bits per heavy atom. The fourth-order valence-electron chi connectivity index (χ4n) is 1.78. The Balaban J connectivity index is 2.59. The first-order chi connectivity index (χ1) is 8.56. The van der Waals surface area contributed by atoms with E-state index in [-0.39, 0.29) is 30.5 Å². The van der Waals surface area contributed by atoms with Crippen LogP contribution in [0, 0.1) is 0 Å². The molecule has 1 unspecified atom stereocenters. The molecule has 0 bridgehead atoms. The van der Waals surface area contributed by atoms with Gasteiger partial charge in [-0.2, -0.15) is 0 Å². The molecule has 0 radical (unpaired) electrons. The predicted molar refractivity (Wildman–Crippen MR) is 66.1 cm³/mol. The lowest BCUT2D eigenvalue weighted by Gasteiger charge is -2.31. The molecule has 1 fully saturated rings. The lowest BCUT2D eigenvalue weighted by atomic mass is 10.2. The van der Waals surface area contributed by atoms with Gasteiger partial charge in [-0.3, -0.25) is 9.59 Å². The average Bonchev–Trinajstić information content (AvgIpc) is 2.36. The molecule has 1 saturated heterocycles. The van der Waals surface area contributed by atoms with E-state index in [4.69, 9.17) is 9.47 Å². The van der Waals surface area contributed by atoms with Crippen LogP contribution in [-0.4, -0.2) is 61.8 Å². The summed E-state index contributed by atoms with van der Waals surface area (Å²) in [4.78, 5) is 25.3. The van der Waals surface area contributed by atoms with E-state index in [9.17, 15) is 9.59 Å². The van der Waals surface area contributed by atoms with Gasteiger partial charge in [-0.15, -0.1) is 0 Å². The van der Waals surface area contributed by atoms with E-state index in [2.05, 4.69) is 5.32 Å². The number of ether oxygens (including phenoxy) is 2. The summed E-state index contributed by atoms with van der Waals surface area (Å²) in [6.07, 6.45) is 0. The maximum absolute atomic E-state index is 12.3. The molecule has 18 heavy (non-hydrogen) atoms. The molecule has 1 atom stereocenters. The van der Waals surface area contributed by atoms with Crippen LogP contribution in [0.25, 0.3) is 0 Å². The molecule has 0 spiro atoms. The van der Waals surface area contributed by atoms with Crippen molar-refractivity contribution in [1.82, 2.24) is 10.2 Å². The van der Waals surface area contributed by atoms with Crippen molar-refractivity contribution in [2.45, 2.75) is 32.9 Å². The molecule has 1 aliphatic rings. The fourth-order valence-corrected chi connectivity index (χ4v) is 1.78. The molecule has 1 rings (SSSR count). The van der Waals surface area contributed by atoms with Crippen LogP contribution in [0.3, 0.4) is 0 Å². The molecule has 1 heterocycles. The Morgan fingerprint density at radius 1 is 1.50 bits per heavy atom. The van der Waals surface area contributed by atoms with Crippen LogP contribution in [0.1, 0.15) is 20.8 Å². The highest BCUT2D eigenvalue weighted by molar-refractivity contribution is 5.86. The zero-order valence-electron chi connectivity index (χ0n) is 11.3. The van der Waals surface area contributed by atoms with Crippen molar-refractivity contribution in [2.75, 3.05) is 32.9 Å². The number of nitrogens with one attached hydrogen (secondary N) is 1. The molecule has 0 aromatic carbocycles. The minimum atomic E-state index is -0.378. The van der Waals surface area contributed by atoms with Crippen molar-refractivity contribution in [2.24, 2.45) is 0 Å². The Kier molecular flexibility index (Phi) is 6.07. The Hall–Kier alpha value is -1.14. The van der Waals surface area contributed by atoms with Crippen molar-refractivity contribution in [1.29, 1.82) is 0 Å². The second kappa shape index (κ2) is 7.33. The number of nitrogens with zero attached hydrogens (tertiary/aromatic N) is 1. The van der Waals surface area contributed by atoms with Crippen LogP contribution in [0.15, 0.2) is 0 Å². The third kappa shape index (κ3) is 4.27. The summed E-state index contributed by atoms with van der Waals surface area (Å²) in [5, 5.41) is 3.09. The molecule has 0 aromatic rings. The van der Waals surface area contributed by atoms with Gasteiger partial charge in [0.25, 0.3) is 0 Å². The molecule has 1 N–H and O–H groups in total. The normalized spacial score (nSPS) is 19.7. The van der Waals surface area contributed by atoms with Gasteiger partial charge in [0.15, 0.2) is 0 Å². The monoisotopic (exact) mass is 258 g/mol. The molecular weight excluding hydrogens is 236 g/mol. The highest BCUT2D eigenvalue weighted by atomic mass is 16.5. The standard InChI is InChI=1S/C12H22N2O4/c1-4-18-11(15)7-14(9(2)3)12(16)10-8-17-6-5-13-10/h9-10,13H,4-8H2,1-3H3. The van der Waals surface area contributed by atoms with E-state index in [0.29, 0.717) is 26.4 Å². The van der Waals surface area contributed by atoms with Crippen LogP contribution in [-0.2, 0) is 19.1 Å². The van der Waals surface area contributed by atoms with Crippen molar-refractivity contribution < 1.29 is 19.1 Å². The summed E-state index contributed by atoms with van der Waals surface area (Å²) in [6, 6.07) is -0.416. The van der Waals surface area contributed by atoms with Gasteiger partial charge in [0.05, 0.1) is 19.8 Å². The van der Waals surface area contributed by atoms with Crippen LogP contribution in [0.2, 0.25) is 0 Å². The lowest BCUT2D eigenvalue weighted by Crippen LogP contribution is -2.55. The van der Waals surface area contributed by atoms with Crippen molar-refractivity contribution in [3.8, 4) is 0 Å². The number of morpholine rings is 1. The van der Waals surface area contributed by atoms with Gasteiger partial charge in [-0.25, -0.2) is 0 Å². The predicted octanol–water partition coefficient (Wildman–Crippen LogP) is -0.225. The third-order valence-electron chi connectivity index (χ3n) is 2.73. The molecule has 104 valence electrons. The van der Waals surface area contributed by atoms with Gasteiger partial charge >= 0.3 is 5.97 Å². The number of hydrogen-bond acceptors (Lipinski definition) is 5. The highest BCUT2D eigenvalue weighted by Gasteiger charge is 2.29. The summed E-state index contributed by atoms with van der Waals surface area (Å²) in [6.45, 7) is 7.43. The fraction of sp³-hybridized carbons (Fsp3) is 0.833. The number of carbonyl (C=O) groups excluding carboxylic acids is 2. The van der Waals surface area contributed by atoms with Gasteiger partial charge in [0.1, 0.15) is 12.6 Å². The third-order valence-corrected chi connectivity index (χ3v) is 2.73. The van der Waals surface area contributed by atoms with E-state index in [1.807, 2.05) is 13.8 Å². The molecular formula is C12H22N2O4. The molecule has 1 aliphatic heterocycles. The Morgan fingerprint density at radius 3 is 2.72 bits per heavy atom. The molecule has 0 aromatic heterocycles. The first-order valence-corrected chi connectivity index (χ1v) is 6.33. The van der Waals surface area contributed by atoms with Crippen LogP contribution in [0.5, 0.6) is 0 Å². The van der Waals surface area contributed by atoms with Gasteiger partial charge < -0.3 is 19.7 Å². The van der Waals surface area contributed by atoms with Gasteiger partial charge in [-0.05, 0) is 20.8 Å². The highest BCUT2D eigenvalue weighted by Crippen LogP contribution is 2.05. The van der Waals surface area contributed by atoms with Gasteiger partial charge in [0.2, 0.25) is 5.91 Å². The van der Waals surface area contributed by atoms with Crippen LogP contribution < -0.4 is 5.32 Å². The maximum atomic E-state index is 12.3. The van der Waals surface area contributed by atoms with E-state index in [1.54, 1.807) is 6.92 Å². The number of rotatable bonds is 5. The number of esters is 1. The largest absolute Gasteiger partial charge is 0.465 e. The quantitative estimate of drug-likeness (QED) is 0.690. The van der Waals surface area contributed by atoms with Crippen molar-refractivity contribution in [3.05, 3.63) is 0 Å². The van der Waals surface area contributed by atoms with Crippen molar-refractivity contribution in [3.63, 3.8) is 0 Å². The molecule has 1 amide bonds. The summed E-state index contributed by atoms with van der Waals surface area (Å²) in [5.74, 6) is -0.492. The van der Waals surface area contributed by atoms with Gasteiger partial charge in [0, 0.05) is 12.6 Å². The minimum Gasteiger partial charge on any atom is -0.465 e. The maximum Gasteiger partial charge on any atom is 0.325 e. The summed E-state index contributed by atoms with van der Waals surface area (Å²) in [7, 11) is 0. The van der Waals surface area contributed by atoms with Crippen LogP contribution >= 0.6 is 0 Å². The average molecular weight is 258 g/mol. The topological polar surface area (TPSA) is 67.9 Å². The first-order valence-electron chi connectivity index (χ1n) is 6.33. The van der Waals surface area contributed by atoms with Crippen molar-refractivity contribution >= 4 is 11.9 Å². The Labute approximate surface area is 108 Å². The summed E-state index contributed by atoms with van der Waals surface area (Å²) < 4.78 is 10.1. The second-order valence-corrected chi connectivity index (χ2v) is 4.45.